The molecule has 4 nitrogen and oxygen atoms in total. The molecule has 4 heteroatoms. The maximum absolute atomic E-state index is 11.6. The molecule has 2 amide bonds. The molecule has 15 heavy (non-hydrogen) atoms. The molecule has 0 bridgehead atoms. The molecule has 0 aromatic carbocycles. The molecule has 1 aliphatic heterocycles. The van der Waals surface area contributed by atoms with Crippen molar-refractivity contribution in [3.63, 3.8) is 0 Å². The molecule has 0 aromatic rings. The fourth-order valence-corrected chi connectivity index (χ4v) is 2.10. The number of rotatable bonds is 3. The van der Waals surface area contributed by atoms with Gasteiger partial charge in [0, 0.05) is 38.8 Å². The Bertz CT molecular complexity index is 240. The summed E-state index contributed by atoms with van der Waals surface area (Å²) in [6.45, 7) is 4.97. The lowest BCUT2D eigenvalue weighted by Gasteiger charge is -2.20. The lowest BCUT2D eigenvalue weighted by molar-refractivity contribution is 0.206. The number of carbonyl (C=O) groups is 1. The number of hydrogen-bond donors (Lipinski definition) is 1. The normalized spacial score (nSPS) is 26.7. The van der Waals surface area contributed by atoms with Crippen molar-refractivity contribution in [1.82, 2.24) is 15.1 Å². The number of nitrogens with one attached hydrogen (secondary N) is 1. The van der Waals surface area contributed by atoms with Gasteiger partial charge in [-0.05, 0) is 26.2 Å². The van der Waals surface area contributed by atoms with Crippen LogP contribution in [-0.4, -0.2) is 54.6 Å². The van der Waals surface area contributed by atoms with E-state index in [0.29, 0.717) is 6.04 Å². The zero-order valence-electron chi connectivity index (χ0n) is 9.70. The largest absolute Gasteiger partial charge is 0.334 e. The average molecular weight is 211 g/mol. The highest BCUT2D eigenvalue weighted by molar-refractivity contribution is 5.74. The van der Waals surface area contributed by atoms with Crippen molar-refractivity contribution in [1.29, 1.82) is 0 Å². The van der Waals surface area contributed by atoms with Gasteiger partial charge in [0.05, 0.1) is 0 Å². The first kappa shape index (κ1) is 10.7. The number of likely N-dealkylation sites (tertiary alicyclic amines) is 1. The first-order valence-electron chi connectivity index (χ1n) is 5.96. The van der Waals surface area contributed by atoms with Crippen molar-refractivity contribution < 1.29 is 4.79 Å². The molecule has 0 radical (unpaired) electrons. The standard InChI is InChI=1S/C11H21N3O/c1-3-13(2)11(15)12-9-6-7-14(8-9)10-4-5-10/h9-10H,3-8H2,1-2H3,(H,12,15). The van der Waals surface area contributed by atoms with Crippen LogP contribution in [0.15, 0.2) is 0 Å². The first-order chi connectivity index (χ1) is 7.20. The van der Waals surface area contributed by atoms with E-state index in [1.807, 2.05) is 14.0 Å². The summed E-state index contributed by atoms with van der Waals surface area (Å²) < 4.78 is 0. The van der Waals surface area contributed by atoms with Crippen LogP contribution in [0.5, 0.6) is 0 Å². The molecule has 0 aromatic heterocycles. The predicted octanol–water partition coefficient (Wildman–Crippen LogP) is 0.884. The van der Waals surface area contributed by atoms with Gasteiger partial charge in [-0.3, -0.25) is 4.90 Å². The third-order valence-electron chi connectivity index (χ3n) is 3.43. The van der Waals surface area contributed by atoms with Crippen molar-refractivity contribution in [3.05, 3.63) is 0 Å². The lowest BCUT2D eigenvalue weighted by atomic mass is 10.3. The van der Waals surface area contributed by atoms with Crippen molar-refractivity contribution in [3.8, 4) is 0 Å². The first-order valence-corrected chi connectivity index (χ1v) is 5.96. The third-order valence-corrected chi connectivity index (χ3v) is 3.43. The van der Waals surface area contributed by atoms with Crippen LogP contribution in [0.3, 0.4) is 0 Å². The van der Waals surface area contributed by atoms with Gasteiger partial charge in [0.1, 0.15) is 0 Å². The van der Waals surface area contributed by atoms with Crippen LogP contribution in [-0.2, 0) is 0 Å². The maximum Gasteiger partial charge on any atom is 0.317 e. The van der Waals surface area contributed by atoms with E-state index in [0.717, 1.165) is 32.1 Å². The van der Waals surface area contributed by atoms with Gasteiger partial charge in [-0.1, -0.05) is 0 Å². The Morgan fingerprint density at radius 1 is 1.47 bits per heavy atom. The Kier molecular flexibility index (Phi) is 3.14. The van der Waals surface area contributed by atoms with Crippen molar-refractivity contribution >= 4 is 6.03 Å². The van der Waals surface area contributed by atoms with Gasteiger partial charge in [0.15, 0.2) is 0 Å². The minimum atomic E-state index is 0.0696. The molecule has 1 saturated carbocycles. The van der Waals surface area contributed by atoms with Gasteiger partial charge in [-0.25, -0.2) is 4.79 Å². The molecule has 1 saturated heterocycles. The molecule has 1 unspecified atom stereocenters. The number of carbonyl (C=O) groups excluding carboxylic acids is 1. The zero-order chi connectivity index (χ0) is 10.8. The lowest BCUT2D eigenvalue weighted by Crippen LogP contribution is -2.44. The average Bonchev–Trinajstić information content (AvgIpc) is 2.99. The van der Waals surface area contributed by atoms with Crippen LogP contribution in [0, 0.1) is 0 Å². The van der Waals surface area contributed by atoms with Gasteiger partial charge in [-0.15, -0.1) is 0 Å². The molecule has 1 N–H and O–H groups in total. The summed E-state index contributed by atoms with van der Waals surface area (Å²) in [5.74, 6) is 0. The van der Waals surface area contributed by atoms with E-state index < -0.39 is 0 Å². The fraction of sp³-hybridized carbons (Fsp3) is 0.909. The van der Waals surface area contributed by atoms with E-state index in [1.165, 1.54) is 12.8 Å². The molecule has 1 aliphatic carbocycles. The van der Waals surface area contributed by atoms with E-state index in [9.17, 15) is 4.79 Å². The second-order valence-corrected chi connectivity index (χ2v) is 4.68. The molecule has 1 atom stereocenters. The van der Waals surface area contributed by atoms with E-state index in [4.69, 9.17) is 0 Å². The molecule has 0 spiro atoms. The predicted molar refractivity (Wildman–Crippen MR) is 59.8 cm³/mol. The SMILES string of the molecule is CCN(C)C(=O)NC1CCN(C2CC2)C1. The minimum Gasteiger partial charge on any atom is -0.334 e. The van der Waals surface area contributed by atoms with Gasteiger partial charge >= 0.3 is 6.03 Å². The summed E-state index contributed by atoms with van der Waals surface area (Å²) in [6.07, 6.45) is 3.82. The molecular weight excluding hydrogens is 190 g/mol. The molecule has 1 heterocycles. The summed E-state index contributed by atoms with van der Waals surface area (Å²) in [5.41, 5.74) is 0. The van der Waals surface area contributed by atoms with Gasteiger partial charge in [0.25, 0.3) is 0 Å². The molecular formula is C11H21N3O. The topological polar surface area (TPSA) is 35.6 Å². The molecule has 2 aliphatic rings. The Hall–Kier alpha value is -0.770. The highest BCUT2D eigenvalue weighted by Crippen LogP contribution is 2.29. The van der Waals surface area contributed by atoms with E-state index in [2.05, 4.69) is 10.2 Å². The van der Waals surface area contributed by atoms with Crippen LogP contribution >= 0.6 is 0 Å². The number of urea groups is 1. The summed E-state index contributed by atoms with van der Waals surface area (Å²) in [5, 5.41) is 3.09. The smallest absolute Gasteiger partial charge is 0.317 e. The number of hydrogen-bond acceptors (Lipinski definition) is 2. The second kappa shape index (κ2) is 4.39. The van der Waals surface area contributed by atoms with Crippen LogP contribution in [0.4, 0.5) is 4.79 Å². The third kappa shape index (κ3) is 2.62. The van der Waals surface area contributed by atoms with Crippen LogP contribution in [0.1, 0.15) is 26.2 Å². The summed E-state index contributed by atoms with van der Waals surface area (Å²) in [4.78, 5) is 15.9. The van der Waals surface area contributed by atoms with Gasteiger partial charge in [0.2, 0.25) is 0 Å². The van der Waals surface area contributed by atoms with Crippen molar-refractivity contribution in [2.75, 3.05) is 26.7 Å². The maximum atomic E-state index is 11.6. The van der Waals surface area contributed by atoms with Crippen LogP contribution < -0.4 is 5.32 Å². The summed E-state index contributed by atoms with van der Waals surface area (Å²) in [7, 11) is 1.84. The Morgan fingerprint density at radius 2 is 2.20 bits per heavy atom. The van der Waals surface area contributed by atoms with Crippen molar-refractivity contribution in [2.45, 2.75) is 38.3 Å². The van der Waals surface area contributed by atoms with Crippen molar-refractivity contribution in [2.24, 2.45) is 0 Å². The molecule has 2 fully saturated rings. The van der Waals surface area contributed by atoms with Crippen LogP contribution in [0.25, 0.3) is 0 Å². The zero-order valence-corrected chi connectivity index (χ0v) is 9.70. The van der Waals surface area contributed by atoms with Gasteiger partial charge < -0.3 is 10.2 Å². The minimum absolute atomic E-state index is 0.0696. The molecule has 86 valence electrons. The van der Waals surface area contributed by atoms with E-state index >= 15 is 0 Å². The quantitative estimate of drug-likeness (QED) is 0.752. The summed E-state index contributed by atoms with van der Waals surface area (Å²) >= 11 is 0. The van der Waals surface area contributed by atoms with Gasteiger partial charge in [-0.2, -0.15) is 0 Å². The fourth-order valence-electron chi connectivity index (χ4n) is 2.10. The molecule has 2 rings (SSSR count). The van der Waals surface area contributed by atoms with E-state index in [-0.39, 0.29) is 6.03 Å². The van der Waals surface area contributed by atoms with Crippen LogP contribution in [0.2, 0.25) is 0 Å². The Morgan fingerprint density at radius 3 is 2.80 bits per heavy atom. The number of nitrogens with zero attached hydrogens (tertiary/aromatic N) is 2. The monoisotopic (exact) mass is 211 g/mol. The second-order valence-electron chi connectivity index (χ2n) is 4.68. The van der Waals surface area contributed by atoms with E-state index in [1.54, 1.807) is 4.90 Å². The summed E-state index contributed by atoms with van der Waals surface area (Å²) in [6, 6.07) is 1.27. The highest BCUT2D eigenvalue weighted by atomic mass is 16.2. The Labute approximate surface area is 91.6 Å². The Balaban J connectivity index is 1.73. The number of amides is 2. The highest BCUT2D eigenvalue weighted by Gasteiger charge is 2.34.